The number of amides is 1. The zero-order chi connectivity index (χ0) is 19.8. The average Bonchev–Trinajstić information content (AvgIpc) is 3.08. The lowest BCUT2D eigenvalue weighted by Crippen LogP contribution is -2.37. The summed E-state index contributed by atoms with van der Waals surface area (Å²) in [6.07, 6.45) is 0.157. The third-order valence-electron chi connectivity index (χ3n) is 5.19. The van der Waals surface area contributed by atoms with Crippen molar-refractivity contribution in [2.24, 2.45) is 0 Å². The van der Waals surface area contributed by atoms with Crippen LogP contribution in [0.2, 0.25) is 0 Å². The van der Waals surface area contributed by atoms with E-state index < -0.39 is 5.92 Å². The van der Waals surface area contributed by atoms with Gasteiger partial charge in [0.05, 0.1) is 25.5 Å². The summed E-state index contributed by atoms with van der Waals surface area (Å²) in [5.41, 5.74) is 3.68. The maximum atomic E-state index is 13.1. The van der Waals surface area contributed by atoms with Crippen LogP contribution in [0.3, 0.4) is 0 Å². The number of aryl methyl sites for hydroxylation is 1. The molecule has 4 rings (SSSR count). The quantitative estimate of drug-likeness (QED) is 0.763. The molecular formula is C22H21NO5. The molecule has 0 saturated heterocycles. The summed E-state index contributed by atoms with van der Waals surface area (Å²) in [6, 6.07) is 13.1. The van der Waals surface area contributed by atoms with Crippen LogP contribution in [0.15, 0.2) is 53.7 Å². The SMILES string of the molecule is COc1ccc(C2CC(=O)N(c3cccc(C)c3)C3=C2C(=O)OC3)c(OC)c1. The first kappa shape index (κ1) is 18.1. The van der Waals surface area contributed by atoms with Gasteiger partial charge in [-0.25, -0.2) is 4.79 Å². The van der Waals surface area contributed by atoms with Gasteiger partial charge < -0.3 is 14.2 Å². The van der Waals surface area contributed by atoms with Crippen molar-refractivity contribution in [1.29, 1.82) is 0 Å². The van der Waals surface area contributed by atoms with Crippen LogP contribution in [0, 0.1) is 6.92 Å². The van der Waals surface area contributed by atoms with Gasteiger partial charge in [0, 0.05) is 29.7 Å². The Balaban J connectivity index is 1.84. The summed E-state index contributed by atoms with van der Waals surface area (Å²) < 4.78 is 16.1. The number of anilines is 1. The van der Waals surface area contributed by atoms with Crippen LogP contribution in [-0.4, -0.2) is 32.7 Å². The largest absolute Gasteiger partial charge is 0.497 e. The van der Waals surface area contributed by atoms with Crippen molar-refractivity contribution in [1.82, 2.24) is 0 Å². The molecule has 0 aliphatic carbocycles. The van der Waals surface area contributed by atoms with E-state index in [1.54, 1.807) is 31.3 Å². The molecule has 2 aliphatic rings. The number of cyclic esters (lactones) is 1. The standard InChI is InChI=1S/C22H21NO5/c1-13-5-4-6-14(9-13)23-18-12-28-22(25)21(18)17(11-20(23)24)16-8-7-15(26-2)10-19(16)27-3/h4-10,17H,11-12H2,1-3H3. The summed E-state index contributed by atoms with van der Waals surface area (Å²) >= 11 is 0. The van der Waals surface area contributed by atoms with Crippen LogP contribution < -0.4 is 14.4 Å². The Labute approximate surface area is 163 Å². The highest BCUT2D eigenvalue weighted by atomic mass is 16.5. The summed E-state index contributed by atoms with van der Waals surface area (Å²) in [7, 11) is 3.14. The molecule has 6 heteroatoms. The van der Waals surface area contributed by atoms with Crippen LogP contribution in [0.25, 0.3) is 0 Å². The number of esters is 1. The summed E-state index contributed by atoms with van der Waals surface area (Å²) in [5.74, 6) is 0.341. The molecule has 1 unspecified atom stereocenters. The van der Waals surface area contributed by atoms with Crippen molar-refractivity contribution < 1.29 is 23.8 Å². The number of hydrogen-bond acceptors (Lipinski definition) is 5. The number of carbonyl (C=O) groups excluding carboxylic acids is 2. The number of methoxy groups -OCH3 is 2. The fraction of sp³-hybridized carbons (Fsp3) is 0.273. The van der Waals surface area contributed by atoms with E-state index in [0.717, 1.165) is 16.8 Å². The zero-order valence-electron chi connectivity index (χ0n) is 16.0. The molecule has 0 saturated carbocycles. The van der Waals surface area contributed by atoms with Gasteiger partial charge in [0.15, 0.2) is 0 Å². The third kappa shape index (κ3) is 2.91. The first-order chi connectivity index (χ1) is 13.5. The predicted octanol–water partition coefficient (Wildman–Crippen LogP) is 3.34. The topological polar surface area (TPSA) is 65.1 Å². The molecule has 1 amide bonds. The van der Waals surface area contributed by atoms with Gasteiger partial charge in [0.25, 0.3) is 0 Å². The second-order valence-corrected chi connectivity index (χ2v) is 6.87. The van der Waals surface area contributed by atoms with Gasteiger partial charge in [-0.05, 0) is 30.7 Å². The monoisotopic (exact) mass is 379 g/mol. The van der Waals surface area contributed by atoms with Crippen molar-refractivity contribution >= 4 is 17.6 Å². The first-order valence-electron chi connectivity index (χ1n) is 9.05. The highest BCUT2D eigenvalue weighted by Crippen LogP contribution is 2.45. The molecule has 0 fully saturated rings. The molecule has 28 heavy (non-hydrogen) atoms. The molecule has 2 heterocycles. The summed E-state index contributed by atoms with van der Waals surface area (Å²) in [4.78, 5) is 27.3. The summed E-state index contributed by atoms with van der Waals surface area (Å²) in [6.45, 7) is 2.05. The number of carbonyl (C=O) groups is 2. The second kappa shape index (κ2) is 7.03. The van der Waals surface area contributed by atoms with E-state index in [-0.39, 0.29) is 24.9 Å². The fourth-order valence-electron chi connectivity index (χ4n) is 3.89. The van der Waals surface area contributed by atoms with Gasteiger partial charge >= 0.3 is 5.97 Å². The summed E-state index contributed by atoms with van der Waals surface area (Å²) in [5, 5.41) is 0. The third-order valence-corrected chi connectivity index (χ3v) is 5.19. The molecular weight excluding hydrogens is 358 g/mol. The van der Waals surface area contributed by atoms with Gasteiger partial charge in [-0.15, -0.1) is 0 Å². The van der Waals surface area contributed by atoms with Crippen LogP contribution in [-0.2, 0) is 14.3 Å². The molecule has 0 radical (unpaired) electrons. The molecule has 2 aromatic rings. The lowest BCUT2D eigenvalue weighted by Gasteiger charge is -2.32. The number of hydrogen-bond donors (Lipinski definition) is 0. The van der Waals surface area contributed by atoms with Gasteiger partial charge in [0.2, 0.25) is 5.91 Å². The van der Waals surface area contributed by atoms with Crippen molar-refractivity contribution in [2.45, 2.75) is 19.3 Å². The highest BCUT2D eigenvalue weighted by Gasteiger charge is 2.43. The van der Waals surface area contributed by atoms with E-state index in [4.69, 9.17) is 14.2 Å². The van der Waals surface area contributed by atoms with Crippen LogP contribution in [0.4, 0.5) is 5.69 Å². The molecule has 144 valence electrons. The molecule has 0 spiro atoms. The molecule has 0 aromatic heterocycles. The minimum absolute atomic E-state index is 0.0782. The fourth-order valence-corrected chi connectivity index (χ4v) is 3.89. The number of benzene rings is 2. The molecule has 2 aliphatic heterocycles. The van der Waals surface area contributed by atoms with E-state index in [9.17, 15) is 9.59 Å². The van der Waals surface area contributed by atoms with Gasteiger partial charge in [0.1, 0.15) is 18.1 Å². The Morgan fingerprint density at radius 3 is 2.61 bits per heavy atom. The second-order valence-electron chi connectivity index (χ2n) is 6.87. The number of rotatable bonds is 4. The van der Waals surface area contributed by atoms with Crippen LogP contribution in [0.1, 0.15) is 23.5 Å². The normalized spacial score (nSPS) is 18.8. The van der Waals surface area contributed by atoms with Crippen molar-refractivity contribution in [2.75, 3.05) is 25.7 Å². The van der Waals surface area contributed by atoms with Gasteiger partial charge in [-0.3, -0.25) is 9.69 Å². The minimum Gasteiger partial charge on any atom is -0.497 e. The maximum absolute atomic E-state index is 13.1. The molecule has 0 N–H and O–H groups in total. The Hall–Kier alpha value is -3.28. The highest BCUT2D eigenvalue weighted by molar-refractivity contribution is 6.06. The minimum atomic E-state index is -0.417. The Kier molecular flexibility index (Phi) is 4.55. The van der Waals surface area contributed by atoms with E-state index in [1.165, 1.54) is 0 Å². The smallest absolute Gasteiger partial charge is 0.336 e. The average molecular weight is 379 g/mol. The molecule has 2 aromatic carbocycles. The molecule has 0 bridgehead atoms. The van der Waals surface area contributed by atoms with E-state index in [0.29, 0.717) is 22.8 Å². The van der Waals surface area contributed by atoms with Crippen LogP contribution in [0.5, 0.6) is 11.5 Å². The Morgan fingerprint density at radius 2 is 1.89 bits per heavy atom. The lowest BCUT2D eigenvalue weighted by atomic mass is 9.83. The number of nitrogens with zero attached hydrogens (tertiary/aromatic N) is 1. The zero-order valence-corrected chi connectivity index (χ0v) is 16.0. The Morgan fingerprint density at radius 1 is 1.07 bits per heavy atom. The van der Waals surface area contributed by atoms with Crippen molar-refractivity contribution in [3.8, 4) is 11.5 Å². The van der Waals surface area contributed by atoms with E-state index >= 15 is 0 Å². The van der Waals surface area contributed by atoms with E-state index in [2.05, 4.69) is 0 Å². The molecule has 6 nitrogen and oxygen atoms in total. The van der Waals surface area contributed by atoms with Crippen molar-refractivity contribution in [3.63, 3.8) is 0 Å². The van der Waals surface area contributed by atoms with Gasteiger partial charge in [-0.2, -0.15) is 0 Å². The first-order valence-corrected chi connectivity index (χ1v) is 9.05. The van der Waals surface area contributed by atoms with Crippen LogP contribution >= 0.6 is 0 Å². The van der Waals surface area contributed by atoms with Crippen molar-refractivity contribution in [3.05, 3.63) is 64.9 Å². The maximum Gasteiger partial charge on any atom is 0.336 e. The van der Waals surface area contributed by atoms with Gasteiger partial charge in [-0.1, -0.05) is 18.2 Å². The predicted molar refractivity (Wildman–Crippen MR) is 104 cm³/mol. The van der Waals surface area contributed by atoms with E-state index in [1.807, 2.05) is 37.3 Å². The lowest BCUT2D eigenvalue weighted by molar-refractivity contribution is -0.136. The molecule has 1 atom stereocenters. The Bertz CT molecular complexity index is 994. The number of ether oxygens (including phenoxy) is 3.